The molecule has 0 aliphatic heterocycles. The maximum absolute atomic E-state index is 11.6. The minimum atomic E-state index is -0.589. The first-order valence-electron chi connectivity index (χ1n) is 5.13. The van der Waals surface area contributed by atoms with Gasteiger partial charge in [-0.3, -0.25) is 14.8 Å². The van der Waals surface area contributed by atoms with E-state index in [1.165, 1.54) is 0 Å². The molecule has 88 valence electrons. The fraction of sp³-hybridized carbons (Fsp3) is 0.167. The van der Waals surface area contributed by atoms with E-state index in [-0.39, 0.29) is 5.15 Å². The predicted octanol–water partition coefficient (Wildman–Crippen LogP) is 1.62. The van der Waals surface area contributed by atoms with Gasteiger partial charge in [-0.15, -0.1) is 0 Å². The lowest BCUT2D eigenvalue weighted by molar-refractivity contribution is 0.972. The zero-order valence-corrected chi connectivity index (χ0v) is 9.97. The number of hydrogen-bond acceptors (Lipinski definition) is 2. The topological polar surface area (TPSA) is 65.7 Å². The summed E-state index contributed by atoms with van der Waals surface area (Å²) in [6, 6.07) is 7.72. The molecule has 1 aromatic heterocycles. The molecule has 0 atom stereocenters. The van der Waals surface area contributed by atoms with Crippen LogP contribution in [0.25, 0.3) is 0 Å². The number of hydrogen-bond donors (Lipinski definition) is 2. The molecular formula is C12H11ClN2O2. The van der Waals surface area contributed by atoms with E-state index in [4.69, 9.17) is 11.6 Å². The summed E-state index contributed by atoms with van der Waals surface area (Å²) >= 11 is 5.86. The average Bonchev–Trinajstić information content (AvgIpc) is 2.25. The van der Waals surface area contributed by atoms with E-state index in [1.54, 1.807) is 0 Å². The highest BCUT2D eigenvalue weighted by molar-refractivity contribution is 6.30. The summed E-state index contributed by atoms with van der Waals surface area (Å²) in [6.45, 7) is 1.96. The number of aromatic nitrogens is 2. The van der Waals surface area contributed by atoms with Gasteiger partial charge in [0, 0.05) is 6.42 Å². The zero-order valence-electron chi connectivity index (χ0n) is 9.21. The van der Waals surface area contributed by atoms with Crippen LogP contribution in [0.15, 0.2) is 33.9 Å². The van der Waals surface area contributed by atoms with Crippen molar-refractivity contribution < 1.29 is 0 Å². The number of benzene rings is 1. The van der Waals surface area contributed by atoms with Crippen LogP contribution in [-0.2, 0) is 6.42 Å². The molecule has 17 heavy (non-hydrogen) atoms. The first kappa shape index (κ1) is 11.7. The number of H-pyrrole nitrogens is 2. The molecule has 1 heterocycles. The maximum Gasteiger partial charge on any atom is 0.326 e. The molecule has 1 aromatic carbocycles. The fourth-order valence-corrected chi connectivity index (χ4v) is 1.88. The number of halogens is 1. The van der Waals surface area contributed by atoms with Crippen molar-refractivity contribution >= 4 is 11.6 Å². The van der Waals surface area contributed by atoms with E-state index < -0.39 is 11.2 Å². The molecule has 4 nitrogen and oxygen atoms in total. The summed E-state index contributed by atoms with van der Waals surface area (Å²) in [5.74, 6) is 0. The Bertz CT molecular complexity index is 658. The van der Waals surface area contributed by atoms with Crippen LogP contribution in [-0.4, -0.2) is 9.97 Å². The fourth-order valence-electron chi connectivity index (χ4n) is 1.64. The largest absolute Gasteiger partial charge is 0.326 e. The van der Waals surface area contributed by atoms with Crippen molar-refractivity contribution in [3.05, 3.63) is 66.9 Å². The standard InChI is InChI=1S/C12H11ClN2O2/c1-7-4-2-3-5-8(7)6-9-10(13)14-12(17)15-11(9)16/h2-5H,6H2,1H3,(H2,14,15,16,17). The van der Waals surface area contributed by atoms with Gasteiger partial charge in [0.05, 0.1) is 5.56 Å². The minimum absolute atomic E-state index is 0.0991. The lowest BCUT2D eigenvalue weighted by atomic mass is 10.0. The molecular weight excluding hydrogens is 240 g/mol. The monoisotopic (exact) mass is 250 g/mol. The van der Waals surface area contributed by atoms with Crippen LogP contribution in [0.5, 0.6) is 0 Å². The Hall–Kier alpha value is -1.81. The van der Waals surface area contributed by atoms with Crippen molar-refractivity contribution in [2.75, 3.05) is 0 Å². The minimum Gasteiger partial charge on any atom is -0.297 e. The lowest BCUT2D eigenvalue weighted by Gasteiger charge is -2.05. The molecule has 0 aliphatic rings. The molecule has 2 rings (SSSR count). The van der Waals surface area contributed by atoms with Gasteiger partial charge >= 0.3 is 5.69 Å². The van der Waals surface area contributed by atoms with Gasteiger partial charge in [-0.25, -0.2) is 4.79 Å². The molecule has 0 saturated heterocycles. The first-order chi connectivity index (χ1) is 8.08. The highest BCUT2D eigenvalue weighted by Gasteiger charge is 2.09. The highest BCUT2D eigenvalue weighted by Crippen LogP contribution is 2.14. The molecule has 0 radical (unpaired) electrons. The molecule has 5 heteroatoms. The molecule has 0 bridgehead atoms. The normalized spacial score (nSPS) is 10.5. The van der Waals surface area contributed by atoms with Gasteiger partial charge < -0.3 is 0 Å². The van der Waals surface area contributed by atoms with Crippen molar-refractivity contribution in [2.45, 2.75) is 13.3 Å². The predicted molar refractivity (Wildman–Crippen MR) is 66.7 cm³/mol. The lowest BCUT2D eigenvalue weighted by Crippen LogP contribution is -2.26. The quantitative estimate of drug-likeness (QED) is 0.796. The van der Waals surface area contributed by atoms with Crippen molar-refractivity contribution in [2.24, 2.45) is 0 Å². The number of aromatic amines is 2. The van der Waals surface area contributed by atoms with Crippen LogP contribution < -0.4 is 11.2 Å². The molecule has 0 fully saturated rings. The Morgan fingerprint density at radius 2 is 1.88 bits per heavy atom. The summed E-state index contributed by atoms with van der Waals surface area (Å²) in [5.41, 5.74) is 1.43. The zero-order chi connectivity index (χ0) is 12.4. The van der Waals surface area contributed by atoms with Crippen LogP contribution in [0, 0.1) is 6.92 Å². The van der Waals surface area contributed by atoms with E-state index in [0.717, 1.165) is 11.1 Å². The number of nitrogens with one attached hydrogen (secondary N) is 2. The van der Waals surface area contributed by atoms with Crippen molar-refractivity contribution in [3.63, 3.8) is 0 Å². The highest BCUT2D eigenvalue weighted by atomic mass is 35.5. The van der Waals surface area contributed by atoms with E-state index in [9.17, 15) is 9.59 Å². The van der Waals surface area contributed by atoms with Gasteiger partial charge in [0.1, 0.15) is 5.15 Å². The molecule has 0 saturated carbocycles. The average molecular weight is 251 g/mol. The summed E-state index contributed by atoms with van der Waals surface area (Å²) in [6.07, 6.45) is 0.400. The van der Waals surface area contributed by atoms with Crippen LogP contribution in [0.2, 0.25) is 5.15 Å². The Morgan fingerprint density at radius 1 is 1.18 bits per heavy atom. The third-order valence-electron chi connectivity index (χ3n) is 2.62. The second kappa shape index (κ2) is 4.59. The summed E-state index contributed by atoms with van der Waals surface area (Å²) in [7, 11) is 0. The van der Waals surface area contributed by atoms with Crippen LogP contribution in [0.4, 0.5) is 0 Å². The van der Waals surface area contributed by atoms with Crippen LogP contribution in [0.1, 0.15) is 16.7 Å². The summed E-state index contributed by atoms with van der Waals surface area (Å²) < 4.78 is 0. The Kier molecular flexibility index (Phi) is 3.15. The first-order valence-corrected chi connectivity index (χ1v) is 5.51. The van der Waals surface area contributed by atoms with Crippen molar-refractivity contribution in [3.8, 4) is 0 Å². The summed E-state index contributed by atoms with van der Waals surface area (Å²) in [5, 5.41) is 0.0991. The Labute approximate surface area is 102 Å². The van der Waals surface area contributed by atoms with E-state index in [0.29, 0.717) is 12.0 Å². The van der Waals surface area contributed by atoms with E-state index in [1.807, 2.05) is 31.2 Å². The van der Waals surface area contributed by atoms with Crippen LogP contribution >= 0.6 is 11.6 Å². The van der Waals surface area contributed by atoms with E-state index in [2.05, 4.69) is 9.97 Å². The second-order valence-electron chi connectivity index (χ2n) is 3.80. The SMILES string of the molecule is Cc1ccccc1Cc1c(Cl)[nH]c(=O)[nH]c1=O. The van der Waals surface area contributed by atoms with Gasteiger partial charge in [0.15, 0.2) is 0 Å². The van der Waals surface area contributed by atoms with Gasteiger partial charge in [0.2, 0.25) is 0 Å². The Balaban J connectivity index is 2.48. The third-order valence-corrected chi connectivity index (χ3v) is 2.94. The van der Waals surface area contributed by atoms with Gasteiger partial charge in [-0.05, 0) is 18.1 Å². The van der Waals surface area contributed by atoms with Gasteiger partial charge in [-0.2, -0.15) is 0 Å². The van der Waals surface area contributed by atoms with Crippen molar-refractivity contribution in [1.82, 2.24) is 9.97 Å². The molecule has 0 unspecified atom stereocenters. The third kappa shape index (κ3) is 2.47. The van der Waals surface area contributed by atoms with Crippen LogP contribution in [0.3, 0.4) is 0 Å². The summed E-state index contributed by atoms with van der Waals surface area (Å²) in [4.78, 5) is 27.1. The van der Waals surface area contributed by atoms with E-state index >= 15 is 0 Å². The second-order valence-corrected chi connectivity index (χ2v) is 4.18. The smallest absolute Gasteiger partial charge is 0.297 e. The Morgan fingerprint density at radius 3 is 2.53 bits per heavy atom. The number of rotatable bonds is 2. The molecule has 2 N–H and O–H groups in total. The molecule has 2 aromatic rings. The molecule has 0 aliphatic carbocycles. The maximum atomic E-state index is 11.6. The molecule has 0 amide bonds. The van der Waals surface area contributed by atoms with Crippen molar-refractivity contribution in [1.29, 1.82) is 0 Å². The number of aryl methyl sites for hydroxylation is 1. The molecule has 0 spiro atoms. The van der Waals surface area contributed by atoms with Gasteiger partial charge in [-0.1, -0.05) is 35.9 Å². The van der Waals surface area contributed by atoms with Gasteiger partial charge in [0.25, 0.3) is 5.56 Å².